The Labute approximate surface area is 108 Å². The second kappa shape index (κ2) is 6.08. The summed E-state index contributed by atoms with van der Waals surface area (Å²) in [5.41, 5.74) is 9.37. The first-order chi connectivity index (χ1) is 8.45. The van der Waals surface area contributed by atoms with Gasteiger partial charge >= 0.3 is 6.09 Å². The summed E-state index contributed by atoms with van der Waals surface area (Å²) in [4.78, 5) is 10.9. The fraction of sp³-hybridized carbons (Fsp3) is 0.357. The molecule has 0 saturated heterocycles. The molecule has 1 unspecified atom stereocenters. The smallest absolute Gasteiger partial charge is 0.406 e. The average Bonchev–Trinajstić information content (AvgIpc) is 2.30. The summed E-state index contributed by atoms with van der Waals surface area (Å²) in [6.07, 6.45) is 3.74. The van der Waals surface area contributed by atoms with E-state index in [0.29, 0.717) is 6.54 Å². The number of hydrogen-bond acceptors (Lipinski definition) is 3. The van der Waals surface area contributed by atoms with Crippen molar-refractivity contribution in [2.45, 2.75) is 27.0 Å². The van der Waals surface area contributed by atoms with Crippen LogP contribution in [-0.4, -0.2) is 12.6 Å². The second-order valence-electron chi connectivity index (χ2n) is 4.18. The van der Waals surface area contributed by atoms with Gasteiger partial charge in [0.25, 0.3) is 0 Å². The summed E-state index contributed by atoms with van der Waals surface area (Å²) in [6, 6.07) is 3.92. The Hall–Kier alpha value is -1.99. The van der Waals surface area contributed by atoms with Crippen molar-refractivity contribution >= 4 is 6.09 Å². The van der Waals surface area contributed by atoms with Crippen LogP contribution in [0.2, 0.25) is 0 Å². The molecule has 0 fully saturated rings. The SMILES string of the molecule is C#CCNC(OC(N)=O)c1cc(C)c(C)c(C)c1. The van der Waals surface area contributed by atoms with E-state index in [9.17, 15) is 4.79 Å². The van der Waals surface area contributed by atoms with E-state index < -0.39 is 12.3 Å². The number of benzene rings is 1. The molecule has 1 aromatic rings. The predicted octanol–water partition coefficient (Wildman–Crippen LogP) is 1.93. The van der Waals surface area contributed by atoms with Crippen molar-refractivity contribution in [2.24, 2.45) is 5.73 Å². The Kier molecular flexibility index (Phi) is 4.75. The lowest BCUT2D eigenvalue weighted by atomic mass is 10.00. The quantitative estimate of drug-likeness (QED) is 0.630. The Balaban J connectivity index is 3.04. The number of ether oxygens (including phenoxy) is 1. The first-order valence-corrected chi connectivity index (χ1v) is 5.66. The maximum absolute atomic E-state index is 10.9. The highest BCUT2D eigenvalue weighted by molar-refractivity contribution is 5.65. The molecule has 0 spiro atoms. The number of carbonyl (C=O) groups excluding carboxylic acids is 1. The summed E-state index contributed by atoms with van der Waals surface area (Å²) in [7, 11) is 0. The number of nitrogens with one attached hydrogen (secondary N) is 1. The van der Waals surface area contributed by atoms with E-state index in [1.807, 2.05) is 32.9 Å². The van der Waals surface area contributed by atoms with Crippen LogP contribution in [0.4, 0.5) is 4.79 Å². The van der Waals surface area contributed by atoms with Gasteiger partial charge in [-0.15, -0.1) is 6.42 Å². The van der Waals surface area contributed by atoms with Crippen molar-refractivity contribution in [3.63, 3.8) is 0 Å². The van der Waals surface area contributed by atoms with E-state index >= 15 is 0 Å². The minimum absolute atomic E-state index is 0.296. The molecular formula is C14H18N2O2. The molecule has 1 rings (SSSR count). The molecule has 1 amide bonds. The molecule has 18 heavy (non-hydrogen) atoms. The van der Waals surface area contributed by atoms with Crippen molar-refractivity contribution in [1.82, 2.24) is 5.32 Å². The Morgan fingerprint density at radius 3 is 2.44 bits per heavy atom. The average molecular weight is 246 g/mol. The molecule has 4 heteroatoms. The molecule has 96 valence electrons. The molecule has 0 radical (unpaired) electrons. The van der Waals surface area contributed by atoms with E-state index in [4.69, 9.17) is 16.9 Å². The molecule has 1 aromatic carbocycles. The van der Waals surface area contributed by atoms with E-state index in [1.54, 1.807) is 0 Å². The Morgan fingerprint density at radius 2 is 2.00 bits per heavy atom. The third kappa shape index (κ3) is 3.51. The number of amides is 1. The van der Waals surface area contributed by atoms with Gasteiger partial charge in [0, 0.05) is 5.56 Å². The highest BCUT2D eigenvalue weighted by Crippen LogP contribution is 2.21. The van der Waals surface area contributed by atoms with Gasteiger partial charge in [0.2, 0.25) is 0 Å². The number of rotatable bonds is 4. The van der Waals surface area contributed by atoms with Crippen molar-refractivity contribution in [1.29, 1.82) is 0 Å². The van der Waals surface area contributed by atoms with Gasteiger partial charge in [-0.25, -0.2) is 4.79 Å². The summed E-state index contributed by atoms with van der Waals surface area (Å²) >= 11 is 0. The van der Waals surface area contributed by atoms with E-state index in [-0.39, 0.29) is 0 Å². The van der Waals surface area contributed by atoms with Gasteiger partial charge in [-0.05, 0) is 37.5 Å². The topological polar surface area (TPSA) is 64.3 Å². The molecule has 3 N–H and O–H groups in total. The third-order valence-corrected chi connectivity index (χ3v) is 2.88. The molecule has 4 nitrogen and oxygen atoms in total. The molecule has 1 atom stereocenters. The van der Waals surface area contributed by atoms with Gasteiger partial charge < -0.3 is 10.5 Å². The molecule has 0 heterocycles. The monoisotopic (exact) mass is 246 g/mol. The fourth-order valence-corrected chi connectivity index (χ4v) is 1.72. The van der Waals surface area contributed by atoms with Gasteiger partial charge in [0.05, 0.1) is 6.54 Å². The zero-order valence-electron chi connectivity index (χ0n) is 10.9. The van der Waals surface area contributed by atoms with Crippen LogP contribution >= 0.6 is 0 Å². The van der Waals surface area contributed by atoms with Crippen LogP contribution in [0.1, 0.15) is 28.5 Å². The number of carbonyl (C=O) groups is 1. The zero-order valence-corrected chi connectivity index (χ0v) is 10.9. The van der Waals surface area contributed by atoms with Gasteiger partial charge in [-0.1, -0.05) is 18.1 Å². The first-order valence-electron chi connectivity index (χ1n) is 5.66. The molecule has 0 aliphatic rings. The van der Waals surface area contributed by atoms with Crippen LogP contribution in [0.3, 0.4) is 0 Å². The zero-order chi connectivity index (χ0) is 13.7. The van der Waals surface area contributed by atoms with Crippen molar-refractivity contribution in [2.75, 3.05) is 6.54 Å². The largest absolute Gasteiger partial charge is 0.426 e. The minimum atomic E-state index is -0.833. The van der Waals surface area contributed by atoms with E-state index in [0.717, 1.165) is 16.7 Å². The standard InChI is InChI=1S/C14H18N2O2/c1-5-6-16-13(18-14(15)17)12-7-9(2)11(4)10(3)8-12/h1,7-8,13,16H,6H2,2-4H3,(H2,15,17). The molecule has 0 bridgehead atoms. The van der Waals surface area contributed by atoms with Crippen molar-refractivity contribution in [3.05, 3.63) is 34.4 Å². The predicted molar refractivity (Wildman–Crippen MR) is 70.9 cm³/mol. The van der Waals surface area contributed by atoms with Gasteiger partial charge in [-0.2, -0.15) is 0 Å². The van der Waals surface area contributed by atoms with Crippen LogP contribution in [0.25, 0.3) is 0 Å². The molecule has 0 aliphatic carbocycles. The molecule has 0 saturated carbocycles. The maximum Gasteiger partial charge on any atom is 0.406 e. The normalized spacial score (nSPS) is 11.7. The van der Waals surface area contributed by atoms with E-state index in [2.05, 4.69) is 11.2 Å². The number of nitrogens with two attached hydrogens (primary N) is 1. The summed E-state index contributed by atoms with van der Waals surface area (Å²) < 4.78 is 5.02. The molecule has 0 aromatic heterocycles. The Morgan fingerprint density at radius 1 is 1.44 bits per heavy atom. The lowest BCUT2D eigenvalue weighted by Gasteiger charge is -2.19. The number of primary amides is 1. The summed E-state index contributed by atoms with van der Waals surface area (Å²) in [5, 5.41) is 2.93. The van der Waals surface area contributed by atoms with Crippen LogP contribution in [0.15, 0.2) is 12.1 Å². The van der Waals surface area contributed by atoms with Crippen molar-refractivity contribution in [3.8, 4) is 12.3 Å². The minimum Gasteiger partial charge on any atom is -0.426 e. The highest BCUT2D eigenvalue weighted by atomic mass is 16.6. The molecular weight excluding hydrogens is 228 g/mol. The van der Waals surface area contributed by atoms with Crippen LogP contribution in [-0.2, 0) is 4.74 Å². The lowest BCUT2D eigenvalue weighted by Crippen LogP contribution is -2.29. The summed E-state index contributed by atoms with van der Waals surface area (Å²) in [5.74, 6) is 2.44. The van der Waals surface area contributed by atoms with Crippen LogP contribution in [0, 0.1) is 33.1 Å². The third-order valence-electron chi connectivity index (χ3n) is 2.88. The molecule has 0 aliphatic heterocycles. The van der Waals surface area contributed by atoms with Gasteiger partial charge in [-0.3, -0.25) is 5.32 Å². The lowest BCUT2D eigenvalue weighted by molar-refractivity contribution is 0.0884. The summed E-state index contributed by atoms with van der Waals surface area (Å²) in [6.45, 7) is 6.36. The number of hydrogen-bond donors (Lipinski definition) is 2. The Bertz CT molecular complexity index is 466. The van der Waals surface area contributed by atoms with Crippen LogP contribution < -0.4 is 11.1 Å². The second-order valence-corrected chi connectivity index (χ2v) is 4.18. The van der Waals surface area contributed by atoms with E-state index in [1.165, 1.54) is 5.56 Å². The van der Waals surface area contributed by atoms with Crippen molar-refractivity contribution < 1.29 is 9.53 Å². The van der Waals surface area contributed by atoms with Gasteiger partial charge in [0.1, 0.15) is 0 Å². The van der Waals surface area contributed by atoms with Crippen LogP contribution in [0.5, 0.6) is 0 Å². The number of terminal acetylenes is 1. The fourth-order valence-electron chi connectivity index (χ4n) is 1.72. The maximum atomic E-state index is 10.9. The van der Waals surface area contributed by atoms with Gasteiger partial charge in [0.15, 0.2) is 6.23 Å². The first kappa shape index (κ1) is 14.1. The number of aryl methyl sites for hydroxylation is 2. The highest BCUT2D eigenvalue weighted by Gasteiger charge is 2.15.